The first-order chi connectivity index (χ1) is 11.7. The molecule has 1 N–H and O–H groups in total. The van der Waals surface area contributed by atoms with Gasteiger partial charge < -0.3 is 14.8 Å². The molecule has 2 fully saturated rings. The Morgan fingerprint density at radius 1 is 1.17 bits per heavy atom. The van der Waals surface area contributed by atoms with Crippen molar-refractivity contribution in [3.8, 4) is 0 Å². The quantitative estimate of drug-likeness (QED) is 0.761. The summed E-state index contributed by atoms with van der Waals surface area (Å²) < 4.78 is 12.0. The predicted molar refractivity (Wildman–Crippen MR) is 98.0 cm³/mol. The van der Waals surface area contributed by atoms with Crippen molar-refractivity contribution in [1.29, 1.82) is 0 Å². The van der Waals surface area contributed by atoms with E-state index in [4.69, 9.17) is 9.47 Å². The van der Waals surface area contributed by atoms with E-state index >= 15 is 0 Å². The molecule has 134 valence electrons. The molecule has 3 rings (SSSR count). The van der Waals surface area contributed by atoms with Gasteiger partial charge in [0.15, 0.2) is 0 Å². The maximum atomic E-state index is 6.06. The molecule has 24 heavy (non-hydrogen) atoms. The van der Waals surface area contributed by atoms with Gasteiger partial charge >= 0.3 is 0 Å². The summed E-state index contributed by atoms with van der Waals surface area (Å²) in [5.74, 6) is 1.33. The molecule has 3 nitrogen and oxygen atoms in total. The van der Waals surface area contributed by atoms with Crippen LogP contribution in [0.2, 0.25) is 0 Å². The summed E-state index contributed by atoms with van der Waals surface area (Å²) in [6, 6.07) is 10.8. The Bertz CT molecular complexity index is 492. The van der Waals surface area contributed by atoms with Crippen molar-refractivity contribution in [2.24, 2.45) is 11.8 Å². The van der Waals surface area contributed by atoms with Gasteiger partial charge in [0.25, 0.3) is 0 Å². The van der Waals surface area contributed by atoms with Crippen LogP contribution in [0.4, 0.5) is 0 Å². The Morgan fingerprint density at radius 3 is 2.83 bits per heavy atom. The van der Waals surface area contributed by atoms with Crippen molar-refractivity contribution in [3.63, 3.8) is 0 Å². The number of benzene rings is 1. The fourth-order valence-electron chi connectivity index (χ4n) is 4.32. The van der Waals surface area contributed by atoms with Gasteiger partial charge in [-0.25, -0.2) is 0 Å². The largest absolute Gasteiger partial charge is 0.352 e. The number of nitrogens with one attached hydrogen (secondary N) is 1. The lowest BCUT2D eigenvalue weighted by Crippen LogP contribution is -2.57. The highest BCUT2D eigenvalue weighted by atomic mass is 16.7. The molecule has 1 aromatic rings. The van der Waals surface area contributed by atoms with E-state index in [0.29, 0.717) is 18.8 Å². The lowest BCUT2D eigenvalue weighted by Gasteiger charge is -2.49. The van der Waals surface area contributed by atoms with Crippen molar-refractivity contribution < 1.29 is 9.47 Å². The maximum Gasteiger partial charge on any atom is 0.147 e. The van der Waals surface area contributed by atoms with Crippen LogP contribution in [0.15, 0.2) is 30.3 Å². The van der Waals surface area contributed by atoms with Gasteiger partial charge in [0.05, 0.1) is 11.7 Å². The van der Waals surface area contributed by atoms with Crippen molar-refractivity contribution >= 4 is 0 Å². The first-order valence-electron chi connectivity index (χ1n) is 9.67. The number of hydrogen-bond acceptors (Lipinski definition) is 3. The highest BCUT2D eigenvalue weighted by Crippen LogP contribution is 2.41. The predicted octanol–water partition coefficient (Wildman–Crippen LogP) is 4.17. The zero-order chi connectivity index (χ0) is 16.8. The second-order valence-corrected chi connectivity index (χ2v) is 7.92. The number of rotatable bonds is 7. The zero-order valence-electron chi connectivity index (χ0n) is 15.3. The molecule has 0 aromatic heterocycles. The second kappa shape index (κ2) is 8.46. The highest BCUT2D eigenvalue weighted by Gasteiger charge is 2.46. The summed E-state index contributed by atoms with van der Waals surface area (Å²) >= 11 is 0. The van der Waals surface area contributed by atoms with Gasteiger partial charge in [0, 0.05) is 12.5 Å². The monoisotopic (exact) mass is 331 g/mol. The summed E-state index contributed by atoms with van der Waals surface area (Å²) in [6.07, 6.45) is 7.76. The van der Waals surface area contributed by atoms with Crippen LogP contribution in [0.3, 0.4) is 0 Å². The van der Waals surface area contributed by atoms with Crippen molar-refractivity contribution in [3.05, 3.63) is 35.9 Å². The molecule has 1 heterocycles. The van der Waals surface area contributed by atoms with Gasteiger partial charge in [-0.15, -0.1) is 0 Å². The third-order valence-electron chi connectivity index (χ3n) is 5.90. The third kappa shape index (κ3) is 4.59. The molecule has 1 saturated heterocycles. The zero-order valence-corrected chi connectivity index (χ0v) is 15.3. The highest BCUT2D eigenvalue weighted by molar-refractivity contribution is 5.14. The van der Waals surface area contributed by atoms with Gasteiger partial charge in [0.2, 0.25) is 0 Å². The van der Waals surface area contributed by atoms with Crippen LogP contribution in [0.5, 0.6) is 0 Å². The lowest BCUT2D eigenvalue weighted by molar-refractivity contribution is -0.260. The van der Waals surface area contributed by atoms with Crippen molar-refractivity contribution in [2.75, 3.05) is 19.9 Å². The van der Waals surface area contributed by atoms with Crippen LogP contribution < -0.4 is 5.32 Å². The number of ether oxygens (including phenoxy) is 2. The van der Waals surface area contributed by atoms with Gasteiger partial charge in [0.1, 0.15) is 6.79 Å². The average molecular weight is 331 g/mol. The van der Waals surface area contributed by atoms with Crippen LogP contribution in [0.25, 0.3) is 0 Å². The molecular weight excluding hydrogens is 298 g/mol. The molecule has 0 radical (unpaired) electrons. The minimum absolute atomic E-state index is 0.0670. The smallest absolute Gasteiger partial charge is 0.147 e. The fourth-order valence-corrected chi connectivity index (χ4v) is 4.32. The Kier molecular flexibility index (Phi) is 6.31. The topological polar surface area (TPSA) is 30.5 Å². The summed E-state index contributed by atoms with van der Waals surface area (Å²) in [5.41, 5.74) is 1.37. The molecule has 1 aromatic carbocycles. The first kappa shape index (κ1) is 17.9. The molecule has 4 atom stereocenters. The Labute approximate surface area is 147 Å². The van der Waals surface area contributed by atoms with E-state index in [0.717, 1.165) is 19.0 Å². The van der Waals surface area contributed by atoms with E-state index in [1.807, 2.05) is 0 Å². The molecule has 1 saturated carbocycles. The normalized spacial score (nSPS) is 33.2. The first-order valence-corrected chi connectivity index (χ1v) is 9.67. The van der Waals surface area contributed by atoms with Gasteiger partial charge in [-0.2, -0.15) is 0 Å². The minimum Gasteiger partial charge on any atom is -0.352 e. The molecule has 0 unspecified atom stereocenters. The summed E-state index contributed by atoms with van der Waals surface area (Å²) in [5, 5.41) is 3.65. The van der Waals surface area contributed by atoms with E-state index in [9.17, 15) is 0 Å². The van der Waals surface area contributed by atoms with E-state index in [-0.39, 0.29) is 5.60 Å². The number of unbranched alkanes of at least 4 members (excludes halogenated alkanes) is 1. The van der Waals surface area contributed by atoms with Crippen LogP contribution in [-0.2, 0) is 15.9 Å². The standard InChI is InChI=1S/C21H33NO2/c1-17-11-12-19-20(14-17)23-16-24-21(19,2)15-22-13-7-6-10-18-8-4-3-5-9-18/h3-5,8-9,17,19-20,22H,6-7,10-16H2,1-2H3/t17-,19-,20-,21-/m1/s1. The minimum atomic E-state index is -0.0670. The molecule has 2 aliphatic rings. The van der Waals surface area contributed by atoms with E-state index in [1.165, 1.54) is 44.1 Å². The molecule has 0 bridgehead atoms. The van der Waals surface area contributed by atoms with Crippen molar-refractivity contribution in [1.82, 2.24) is 5.32 Å². The van der Waals surface area contributed by atoms with Crippen LogP contribution in [0, 0.1) is 11.8 Å². The van der Waals surface area contributed by atoms with Crippen LogP contribution in [-0.4, -0.2) is 31.6 Å². The number of hydrogen-bond donors (Lipinski definition) is 1. The Morgan fingerprint density at radius 2 is 2.00 bits per heavy atom. The fraction of sp³-hybridized carbons (Fsp3) is 0.714. The third-order valence-corrected chi connectivity index (χ3v) is 5.90. The average Bonchev–Trinajstić information content (AvgIpc) is 2.59. The molecular formula is C21H33NO2. The number of fused-ring (bicyclic) bond motifs is 1. The molecule has 1 aliphatic carbocycles. The van der Waals surface area contributed by atoms with E-state index in [1.54, 1.807) is 0 Å². The number of aryl methyl sites for hydroxylation is 1. The van der Waals surface area contributed by atoms with Crippen LogP contribution >= 0.6 is 0 Å². The van der Waals surface area contributed by atoms with Crippen LogP contribution in [0.1, 0.15) is 51.5 Å². The van der Waals surface area contributed by atoms with Gasteiger partial charge in [-0.3, -0.25) is 0 Å². The lowest BCUT2D eigenvalue weighted by atomic mass is 9.72. The Balaban J connectivity index is 1.37. The van der Waals surface area contributed by atoms with E-state index < -0.39 is 0 Å². The maximum absolute atomic E-state index is 6.06. The summed E-state index contributed by atoms with van der Waals surface area (Å²) in [4.78, 5) is 0. The molecule has 0 spiro atoms. The van der Waals surface area contributed by atoms with E-state index in [2.05, 4.69) is 49.5 Å². The van der Waals surface area contributed by atoms with Gasteiger partial charge in [-0.05, 0) is 57.1 Å². The molecule has 3 heteroatoms. The summed E-state index contributed by atoms with van der Waals surface area (Å²) in [7, 11) is 0. The SMILES string of the molecule is C[C@@H]1CC[C@@H]2[C@@H](C1)OCO[C@]2(C)CNCCCCc1ccccc1. The Hall–Kier alpha value is -0.900. The summed E-state index contributed by atoms with van der Waals surface area (Å²) in [6.45, 7) is 7.09. The molecule has 0 amide bonds. The van der Waals surface area contributed by atoms with Crippen molar-refractivity contribution in [2.45, 2.75) is 64.1 Å². The second-order valence-electron chi connectivity index (χ2n) is 7.92. The molecule has 1 aliphatic heterocycles. The van der Waals surface area contributed by atoms with Gasteiger partial charge in [-0.1, -0.05) is 43.7 Å².